The molecule has 1 aromatic carbocycles. The normalized spacial score (nSPS) is 19.3. The van der Waals surface area contributed by atoms with Crippen molar-refractivity contribution in [1.29, 1.82) is 0 Å². The first-order valence-corrected chi connectivity index (χ1v) is 8.02. The first-order valence-electron chi connectivity index (χ1n) is 7.22. The van der Waals surface area contributed by atoms with E-state index in [0.29, 0.717) is 12.5 Å². The van der Waals surface area contributed by atoms with Gasteiger partial charge in [-0.05, 0) is 50.5 Å². The maximum absolute atomic E-state index is 10.8. The highest BCUT2D eigenvalue weighted by Gasteiger charge is 2.33. The molecule has 0 aliphatic carbocycles. The number of ether oxygens (including phenoxy) is 1. The first-order chi connectivity index (χ1) is 9.43. The summed E-state index contributed by atoms with van der Waals surface area (Å²) in [5, 5.41) is 10.8. The van der Waals surface area contributed by atoms with Gasteiger partial charge in [0.2, 0.25) is 0 Å². The van der Waals surface area contributed by atoms with Gasteiger partial charge in [-0.1, -0.05) is 15.9 Å². The maximum Gasteiger partial charge on any atom is 0.122 e. The Labute approximate surface area is 130 Å². The lowest BCUT2D eigenvalue weighted by Gasteiger charge is -2.40. The Kier molecular flexibility index (Phi) is 5.10. The topological polar surface area (TPSA) is 32.7 Å². The molecule has 2 rings (SSSR count). The second-order valence-corrected chi connectivity index (χ2v) is 6.90. The summed E-state index contributed by atoms with van der Waals surface area (Å²) in [7, 11) is 1.68. The maximum atomic E-state index is 10.8. The average molecular weight is 342 g/mol. The predicted molar refractivity (Wildman–Crippen MR) is 85.3 cm³/mol. The van der Waals surface area contributed by atoms with Crippen molar-refractivity contribution in [3.63, 3.8) is 0 Å². The lowest BCUT2D eigenvalue weighted by atomic mass is 9.84. The van der Waals surface area contributed by atoms with Crippen LogP contribution in [-0.4, -0.2) is 41.8 Å². The molecule has 1 N–H and O–H groups in total. The summed E-state index contributed by atoms with van der Waals surface area (Å²) in [6.45, 7) is 6.35. The molecule has 0 atom stereocenters. The van der Waals surface area contributed by atoms with Crippen molar-refractivity contribution in [1.82, 2.24) is 4.90 Å². The highest BCUT2D eigenvalue weighted by Crippen LogP contribution is 2.32. The van der Waals surface area contributed by atoms with E-state index in [0.717, 1.165) is 41.7 Å². The quantitative estimate of drug-likeness (QED) is 0.912. The van der Waals surface area contributed by atoms with Gasteiger partial charge in [0.25, 0.3) is 0 Å². The fourth-order valence-electron chi connectivity index (χ4n) is 2.87. The molecule has 0 aromatic heterocycles. The van der Waals surface area contributed by atoms with Crippen LogP contribution in [0.3, 0.4) is 0 Å². The van der Waals surface area contributed by atoms with Gasteiger partial charge < -0.3 is 14.7 Å². The van der Waals surface area contributed by atoms with Gasteiger partial charge in [0, 0.05) is 30.0 Å². The molecular weight excluding hydrogens is 318 g/mol. The molecule has 3 nitrogen and oxygen atoms in total. The summed E-state index contributed by atoms with van der Waals surface area (Å²) in [5.74, 6) is 0.855. The number of aliphatic hydroxyl groups is 1. The molecule has 20 heavy (non-hydrogen) atoms. The number of benzene rings is 1. The van der Waals surface area contributed by atoms with Gasteiger partial charge in [-0.2, -0.15) is 0 Å². The molecule has 0 spiro atoms. The monoisotopic (exact) mass is 341 g/mol. The molecule has 0 saturated carbocycles. The van der Waals surface area contributed by atoms with Crippen molar-refractivity contribution in [2.75, 3.05) is 20.2 Å². The Morgan fingerprint density at radius 1 is 1.35 bits per heavy atom. The van der Waals surface area contributed by atoms with Crippen LogP contribution in [0.25, 0.3) is 0 Å². The molecular formula is C16H24BrNO2. The number of piperidine rings is 1. The van der Waals surface area contributed by atoms with Gasteiger partial charge in [0.1, 0.15) is 5.75 Å². The summed E-state index contributed by atoms with van der Waals surface area (Å²) < 4.78 is 6.43. The Balaban J connectivity index is 2.08. The molecule has 112 valence electrons. The van der Waals surface area contributed by atoms with Gasteiger partial charge in [-0.15, -0.1) is 0 Å². The van der Waals surface area contributed by atoms with Crippen LogP contribution in [0, 0.1) is 0 Å². The van der Waals surface area contributed by atoms with Crippen LogP contribution in [0.2, 0.25) is 0 Å². The van der Waals surface area contributed by atoms with Crippen LogP contribution in [0.5, 0.6) is 5.75 Å². The van der Waals surface area contributed by atoms with Gasteiger partial charge in [0.15, 0.2) is 0 Å². The van der Waals surface area contributed by atoms with E-state index in [1.165, 1.54) is 0 Å². The van der Waals surface area contributed by atoms with Gasteiger partial charge >= 0.3 is 0 Å². The standard InChI is InChI=1S/C16H24BrNO2/c1-12(2)18-8-6-16(19,7-9-18)11-13-10-14(17)4-5-15(13)20-3/h4-5,10,12,19H,6-9,11H2,1-3H3. The zero-order chi connectivity index (χ0) is 14.8. The minimum Gasteiger partial charge on any atom is -0.496 e. The zero-order valence-electron chi connectivity index (χ0n) is 12.5. The molecule has 4 heteroatoms. The number of likely N-dealkylation sites (tertiary alicyclic amines) is 1. The number of hydrogen-bond donors (Lipinski definition) is 1. The number of nitrogens with zero attached hydrogens (tertiary/aromatic N) is 1. The third-order valence-corrected chi connectivity index (χ3v) is 4.71. The Hall–Kier alpha value is -0.580. The van der Waals surface area contributed by atoms with E-state index < -0.39 is 5.60 Å². The third kappa shape index (κ3) is 3.74. The highest BCUT2D eigenvalue weighted by molar-refractivity contribution is 9.10. The van der Waals surface area contributed by atoms with Crippen molar-refractivity contribution >= 4 is 15.9 Å². The van der Waals surface area contributed by atoms with Gasteiger partial charge in [0.05, 0.1) is 12.7 Å². The fourth-order valence-corrected chi connectivity index (χ4v) is 3.28. The lowest BCUT2D eigenvalue weighted by molar-refractivity contribution is -0.0274. The van der Waals surface area contributed by atoms with E-state index in [-0.39, 0.29) is 0 Å². The summed E-state index contributed by atoms with van der Waals surface area (Å²) in [6, 6.07) is 6.52. The molecule has 0 amide bonds. The Morgan fingerprint density at radius 2 is 2.00 bits per heavy atom. The Morgan fingerprint density at radius 3 is 2.55 bits per heavy atom. The van der Waals surface area contributed by atoms with Crippen molar-refractivity contribution in [3.05, 3.63) is 28.2 Å². The summed E-state index contributed by atoms with van der Waals surface area (Å²) >= 11 is 3.49. The second-order valence-electron chi connectivity index (χ2n) is 5.99. The fraction of sp³-hybridized carbons (Fsp3) is 0.625. The van der Waals surface area contributed by atoms with E-state index >= 15 is 0 Å². The molecule has 1 fully saturated rings. The van der Waals surface area contributed by atoms with Gasteiger partial charge in [-0.3, -0.25) is 0 Å². The predicted octanol–water partition coefficient (Wildman–Crippen LogP) is 3.24. The summed E-state index contributed by atoms with van der Waals surface area (Å²) in [5.41, 5.74) is 0.460. The molecule has 1 aromatic rings. The molecule has 0 bridgehead atoms. The van der Waals surface area contributed by atoms with Crippen molar-refractivity contribution in [3.8, 4) is 5.75 Å². The SMILES string of the molecule is COc1ccc(Br)cc1CC1(O)CCN(C(C)C)CC1. The summed E-state index contributed by atoms with van der Waals surface area (Å²) in [6.07, 6.45) is 2.29. The Bertz CT molecular complexity index is 454. The molecule has 1 aliphatic heterocycles. The minimum atomic E-state index is -0.612. The first kappa shape index (κ1) is 15.8. The second kappa shape index (κ2) is 6.46. The molecule has 1 aliphatic rings. The van der Waals surface area contributed by atoms with Crippen LogP contribution in [-0.2, 0) is 6.42 Å². The molecule has 0 radical (unpaired) electrons. The number of hydrogen-bond acceptors (Lipinski definition) is 3. The van der Waals surface area contributed by atoms with Crippen molar-refractivity contribution < 1.29 is 9.84 Å². The number of halogens is 1. The zero-order valence-corrected chi connectivity index (χ0v) is 14.1. The molecule has 1 saturated heterocycles. The molecule has 0 unspecified atom stereocenters. The largest absolute Gasteiger partial charge is 0.496 e. The van der Waals surface area contributed by atoms with Gasteiger partial charge in [-0.25, -0.2) is 0 Å². The van der Waals surface area contributed by atoms with E-state index in [2.05, 4.69) is 34.7 Å². The van der Waals surface area contributed by atoms with E-state index in [9.17, 15) is 5.11 Å². The van der Waals surface area contributed by atoms with E-state index in [4.69, 9.17) is 4.74 Å². The lowest BCUT2D eigenvalue weighted by Crippen LogP contribution is -2.47. The number of rotatable bonds is 4. The smallest absolute Gasteiger partial charge is 0.122 e. The number of methoxy groups -OCH3 is 1. The highest BCUT2D eigenvalue weighted by atomic mass is 79.9. The third-order valence-electron chi connectivity index (χ3n) is 4.22. The van der Waals surface area contributed by atoms with Crippen LogP contribution < -0.4 is 4.74 Å². The van der Waals surface area contributed by atoms with Crippen molar-refractivity contribution in [2.45, 2.75) is 44.8 Å². The molecule has 1 heterocycles. The van der Waals surface area contributed by atoms with Crippen LogP contribution in [0.15, 0.2) is 22.7 Å². The van der Waals surface area contributed by atoms with Crippen LogP contribution in [0.1, 0.15) is 32.3 Å². The summed E-state index contributed by atoms with van der Waals surface area (Å²) in [4.78, 5) is 2.42. The van der Waals surface area contributed by atoms with Crippen LogP contribution >= 0.6 is 15.9 Å². The van der Waals surface area contributed by atoms with Crippen molar-refractivity contribution in [2.24, 2.45) is 0 Å². The minimum absolute atomic E-state index is 0.556. The average Bonchev–Trinajstić information content (AvgIpc) is 2.39. The van der Waals surface area contributed by atoms with Crippen LogP contribution in [0.4, 0.5) is 0 Å². The van der Waals surface area contributed by atoms with E-state index in [1.807, 2.05) is 18.2 Å². The van der Waals surface area contributed by atoms with E-state index in [1.54, 1.807) is 7.11 Å².